The number of fused-ring (bicyclic) bond motifs is 1. The van der Waals surface area contributed by atoms with Gasteiger partial charge < -0.3 is 0 Å². The molecule has 11 heteroatoms. The largest absolute Gasteiger partial charge is 0.295 e. The van der Waals surface area contributed by atoms with E-state index in [1.54, 1.807) is 41.6 Å². The summed E-state index contributed by atoms with van der Waals surface area (Å²) in [6.45, 7) is 8.30. The van der Waals surface area contributed by atoms with Crippen molar-refractivity contribution in [3.05, 3.63) is 51.1 Å². The number of thiazole rings is 1. The lowest BCUT2D eigenvalue weighted by atomic mass is 10.1. The molecule has 0 spiro atoms. The number of aromatic nitrogens is 2. The van der Waals surface area contributed by atoms with E-state index in [0.717, 1.165) is 26.8 Å². The highest BCUT2D eigenvalue weighted by molar-refractivity contribution is 7.89. The fraction of sp³-hybridized carbons (Fsp3) is 0.450. The second-order valence-electron chi connectivity index (χ2n) is 7.97. The second kappa shape index (κ2) is 8.30. The van der Waals surface area contributed by atoms with E-state index in [2.05, 4.69) is 15.5 Å². The summed E-state index contributed by atoms with van der Waals surface area (Å²) in [7, 11) is -3.24. The second-order valence-corrected chi connectivity index (χ2v) is 11.7. The minimum absolute atomic E-state index is 0.0460. The molecule has 0 amide bonds. The number of aryl methyl sites for hydroxylation is 1. The van der Waals surface area contributed by atoms with Crippen molar-refractivity contribution in [3.63, 3.8) is 0 Å². The van der Waals surface area contributed by atoms with Gasteiger partial charge in [0.1, 0.15) is 0 Å². The lowest BCUT2D eigenvalue weighted by Gasteiger charge is -2.34. The van der Waals surface area contributed by atoms with Gasteiger partial charge in [0.05, 0.1) is 21.6 Å². The average molecular weight is 464 g/mol. The van der Waals surface area contributed by atoms with E-state index < -0.39 is 20.2 Å². The predicted octanol–water partition coefficient (Wildman–Crippen LogP) is 3.14. The number of rotatable bonds is 6. The lowest BCUT2D eigenvalue weighted by Crippen LogP contribution is -2.50. The molecule has 0 unspecified atom stereocenters. The Morgan fingerprint density at radius 2 is 1.81 bits per heavy atom. The van der Waals surface area contributed by atoms with Gasteiger partial charge in [-0.05, 0) is 32.9 Å². The molecular formula is C20H25N5O4S2. The normalized spacial score (nSPS) is 16.4. The van der Waals surface area contributed by atoms with Gasteiger partial charge in [0.15, 0.2) is 4.96 Å². The van der Waals surface area contributed by atoms with Crippen LogP contribution in [0.1, 0.15) is 24.4 Å². The van der Waals surface area contributed by atoms with Crippen LogP contribution in [0.3, 0.4) is 0 Å². The molecule has 1 aliphatic heterocycles. The maximum Gasteiger partial charge on any atom is 0.269 e. The number of nitro groups is 1. The first-order chi connectivity index (χ1) is 14.7. The Labute approximate surface area is 185 Å². The van der Waals surface area contributed by atoms with Gasteiger partial charge in [-0.3, -0.25) is 19.4 Å². The molecule has 3 aromatic rings. The van der Waals surface area contributed by atoms with E-state index >= 15 is 0 Å². The average Bonchev–Trinajstić information content (AvgIpc) is 3.25. The molecule has 3 heterocycles. The standard InChI is InChI=1S/C20H25N5O4S2/c1-14(2)31(28,29)23-10-8-22(9-11-23)13-18-19(21-20-24(18)12-15(3)30-20)16-4-6-17(7-5-16)25(26)27/h4-7,12,14H,8-11,13H2,1-3H3. The number of hydrogen-bond donors (Lipinski definition) is 0. The number of nitro benzene ring substituents is 1. The summed E-state index contributed by atoms with van der Waals surface area (Å²) < 4.78 is 28.5. The van der Waals surface area contributed by atoms with Crippen molar-refractivity contribution in [2.45, 2.75) is 32.6 Å². The number of piperazine rings is 1. The van der Waals surface area contributed by atoms with E-state index in [-0.39, 0.29) is 5.69 Å². The van der Waals surface area contributed by atoms with Crippen molar-refractivity contribution >= 4 is 32.0 Å². The first kappa shape index (κ1) is 21.9. The summed E-state index contributed by atoms with van der Waals surface area (Å²) in [4.78, 5) is 19.6. The molecule has 1 aromatic carbocycles. The quantitative estimate of drug-likeness (QED) is 0.411. The molecule has 1 fully saturated rings. The van der Waals surface area contributed by atoms with Crippen LogP contribution in [0.25, 0.3) is 16.2 Å². The highest BCUT2D eigenvalue weighted by Crippen LogP contribution is 2.30. The third-order valence-electron chi connectivity index (χ3n) is 5.55. The first-order valence-corrected chi connectivity index (χ1v) is 12.4. The summed E-state index contributed by atoms with van der Waals surface area (Å²) >= 11 is 1.60. The maximum absolute atomic E-state index is 12.4. The Morgan fingerprint density at radius 1 is 1.16 bits per heavy atom. The molecule has 1 saturated heterocycles. The molecule has 0 N–H and O–H groups in total. The van der Waals surface area contributed by atoms with Gasteiger partial charge in [-0.1, -0.05) is 0 Å². The van der Waals surface area contributed by atoms with E-state index in [9.17, 15) is 18.5 Å². The van der Waals surface area contributed by atoms with Crippen LogP contribution < -0.4 is 0 Å². The lowest BCUT2D eigenvalue weighted by molar-refractivity contribution is -0.384. The fourth-order valence-electron chi connectivity index (χ4n) is 3.78. The molecule has 9 nitrogen and oxygen atoms in total. The number of non-ortho nitro benzene ring substituents is 1. The Morgan fingerprint density at radius 3 is 2.39 bits per heavy atom. The van der Waals surface area contributed by atoms with Crippen molar-refractivity contribution < 1.29 is 13.3 Å². The summed E-state index contributed by atoms with van der Waals surface area (Å²) in [5.74, 6) is 0. The highest BCUT2D eigenvalue weighted by Gasteiger charge is 2.30. The van der Waals surface area contributed by atoms with Crippen molar-refractivity contribution in [2.24, 2.45) is 0 Å². The van der Waals surface area contributed by atoms with Crippen LogP contribution in [0.2, 0.25) is 0 Å². The monoisotopic (exact) mass is 463 g/mol. The number of nitrogens with zero attached hydrogens (tertiary/aromatic N) is 5. The number of sulfonamides is 1. The van der Waals surface area contributed by atoms with Crippen LogP contribution in [0.15, 0.2) is 30.5 Å². The molecule has 4 rings (SSSR count). The van der Waals surface area contributed by atoms with Gasteiger partial charge in [-0.25, -0.2) is 13.4 Å². The SMILES string of the molecule is Cc1cn2c(CN3CCN(S(=O)(=O)C(C)C)CC3)c(-c3ccc([N+](=O)[O-])cc3)nc2s1. The zero-order valence-electron chi connectivity index (χ0n) is 17.7. The van der Waals surface area contributed by atoms with Crippen molar-refractivity contribution in [3.8, 4) is 11.3 Å². The molecule has 0 bridgehead atoms. The van der Waals surface area contributed by atoms with Crippen LogP contribution in [0.5, 0.6) is 0 Å². The number of hydrogen-bond acceptors (Lipinski definition) is 7. The van der Waals surface area contributed by atoms with E-state index in [1.807, 2.05) is 6.92 Å². The molecule has 1 aliphatic rings. The topological polar surface area (TPSA) is 101 Å². The zero-order valence-corrected chi connectivity index (χ0v) is 19.3. The van der Waals surface area contributed by atoms with E-state index in [1.165, 1.54) is 12.1 Å². The summed E-state index contributed by atoms with van der Waals surface area (Å²) in [5.41, 5.74) is 2.69. The summed E-state index contributed by atoms with van der Waals surface area (Å²) in [5, 5.41) is 10.6. The van der Waals surface area contributed by atoms with Crippen LogP contribution in [0, 0.1) is 17.0 Å². The Kier molecular flexibility index (Phi) is 5.86. The maximum atomic E-state index is 12.4. The summed E-state index contributed by atoms with van der Waals surface area (Å²) in [6.07, 6.45) is 2.05. The number of benzene rings is 1. The zero-order chi connectivity index (χ0) is 22.3. The third kappa shape index (κ3) is 4.22. The molecule has 0 aliphatic carbocycles. The summed E-state index contributed by atoms with van der Waals surface area (Å²) in [6, 6.07) is 6.45. The van der Waals surface area contributed by atoms with E-state index in [0.29, 0.717) is 32.7 Å². The van der Waals surface area contributed by atoms with Gasteiger partial charge in [-0.2, -0.15) is 4.31 Å². The molecule has 0 radical (unpaired) electrons. The Bertz CT molecular complexity index is 1210. The fourth-order valence-corrected chi connectivity index (χ4v) is 5.89. The molecule has 166 valence electrons. The van der Waals surface area contributed by atoms with Crippen LogP contribution in [0.4, 0.5) is 5.69 Å². The Balaban J connectivity index is 1.60. The van der Waals surface area contributed by atoms with Crippen molar-refractivity contribution in [1.29, 1.82) is 0 Å². The highest BCUT2D eigenvalue weighted by atomic mass is 32.2. The van der Waals surface area contributed by atoms with E-state index in [4.69, 9.17) is 4.98 Å². The molecule has 31 heavy (non-hydrogen) atoms. The minimum atomic E-state index is -3.24. The van der Waals surface area contributed by atoms with Crippen LogP contribution in [-0.2, 0) is 16.6 Å². The van der Waals surface area contributed by atoms with Crippen molar-refractivity contribution in [2.75, 3.05) is 26.2 Å². The van der Waals surface area contributed by atoms with Gasteiger partial charge in [0, 0.05) is 61.5 Å². The first-order valence-electron chi connectivity index (χ1n) is 10.1. The van der Waals surface area contributed by atoms with Gasteiger partial charge >= 0.3 is 0 Å². The number of imidazole rings is 1. The van der Waals surface area contributed by atoms with Crippen molar-refractivity contribution in [1.82, 2.24) is 18.6 Å². The molecule has 0 atom stereocenters. The smallest absolute Gasteiger partial charge is 0.269 e. The Hall–Kier alpha value is -2.34. The minimum Gasteiger partial charge on any atom is -0.295 e. The predicted molar refractivity (Wildman–Crippen MR) is 121 cm³/mol. The van der Waals surface area contributed by atoms with Gasteiger partial charge in [-0.15, -0.1) is 11.3 Å². The van der Waals surface area contributed by atoms with Crippen LogP contribution in [-0.4, -0.2) is 63.4 Å². The van der Waals surface area contributed by atoms with Gasteiger partial charge in [0.25, 0.3) is 5.69 Å². The third-order valence-corrected chi connectivity index (χ3v) is 8.73. The molecule has 2 aromatic heterocycles. The van der Waals surface area contributed by atoms with Crippen LogP contribution >= 0.6 is 11.3 Å². The molecular weight excluding hydrogens is 438 g/mol. The molecule has 0 saturated carbocycles. The van der Waals surface area contributed by atoms with Gasteiger partial charge in [0.2, 0.25) is 10.0 Å².